The number of nitrogen functional groups attached to an aromatic ring is 1. The summed E-state index contributed by atoms with van der Waals surface area (Å²) in [5.74, 6) is 0.752. The number of anilines is 1. The van der Waals surface area contributed by atoms with Crippen LogP contribution in [-0.4, -0.2) is 21.9 Å². The van der Waals surface area contributed by atoms with Gasteiger partial charge in [0, 0.05) is 11.1 Å². The van der Waals surface area contributed by atoms with Crippen LogP contribution in [0.15, 0.2) is 18.6 Å². The summed E-state index contributed by atoms with van der Waals surface area (Å²) in [6.07, 6.45) is 5.26. The largest absolute Gasteiger partial charge is 0.493 e. The molecule has 0 spiro atoms. The Kier molecular flexibility index (Phi) is 2.36. The Balaban J connectivity index is 2.10. The van der Waals surface area contributed by atoms with Crippen LogP contribution in [0, 0.1) is 0 Å². The molecule has 0 aliphatic carbocycles. The molecule has 2 heterocycles. The highest BCUT2D eigenvalue weighted by Gasteiger charge is 2.02. The van der Waals surface area contributed by atoms with Crippen molar-refractivity contribution in [1.82, 2.24) is 14.8 Å². The number of aromatic nitrogens is 3. The second kappa shape index (κ2) is 3.67. The molecule has 0 amide bonds. The predicted octanol–water partition coefficient (Wildman–Crippen LogP) is 0.979. The molecule has 0 unspecified atom stereocenters. The summed E-state index contributed by atoms with van der Waals surface area (Å²) in [6, 6.07) is 0. The van der Waals surface area contributed by atoms with E-state index in [0.717, 1.165) is 10.6 Å². The maximum absolute atomic E-state index is 5.52. The first-order valence-electron chi connectivity index (χ1n) is 4.04. The van der Waals surface area contributed by atoms with Gasteiger partial charge in [-0.2, -0.15) is 5.10 Å². The summed E-state index contributed by atoms with van der Waals surface area (Å²) in [5.41, 5.74) is 5.52. The molecule has 74 valence electrons. The molecule has 5 nitrogen and oxygen atoms in total. The van der Waals surface area contributed by atoms with Gasteiger partial charge >= 0.3 is 0 Å². The van der Waals surface area contributed by atoms with Gasteiger partial charge in [0.25, 0.3) is 0 Å². The van der Waals surface area contributed by atoms with Gasteiger partial charge in [-0.25, -0.2) is 4.98 Å². The molecule has 0 fully saturated rings. The minimum atomic E-state index is 0.583. The van der Waals surface area contributed by atoms with Crippen molar-refractivity contribution in [2.24, 2.45) is 0 Å². The second-order valence-corrected chi connectivity index (χ2v) is 3.89. The zero-order valence-corrected chi connectivity index (χ0v) is 8.49. The van der Waals surface area contributed by atoms with Gasteiger partial charge in [0.15, 0.2) is 10.9 Å². The maximum Gasteiger partial charge on any atom is 0.180 e. The second-order valence-electron chi connectivity index (χ2n) is 2.74. The van der Waals surface area contributed by atoms with Crippen LogP contribution in [0.2, 0.25) is 0 Å². The fourth-order valence-electron chi connectivity index (χ4n) is 1.09. The third kappa shape index (κ3) is 1.85. The molecule has 0 atom stereocenters. The van der Waals surface area contributed by atoms with Crippen LogP contribution in [0.5, 0.6) is 5.75 Å². The molecular formula is C8H10N4OS. The summed E-state index contributed by atoms with van der Waals surface area (Å²) < 4.78 is 6.80. The van der Waals surface area contributed by atoms with Crippen LogP contribution < -0.4 is 10.5 Å². The molecule has 0 saturated heterocycles. The van der Waals surface area contributed by atoms with Gasteiger partial charge in [-0.1, -0.05) is 0 Å². The van der Waals surface area contributed by atoms with Gasteiger partial charge in [-0.3, -0.25) is 4.68 Å². The lowest BCUT2D eigenvalue weighted by Gasteiger charge is -1.95. The standard InChI is InChI=1S/C8H10N4OS/c1-13-6-2-11-12(4-6)5-7-3-10-8(9)14-7/h2-4H,5H2,1H3,(H2,9,10). The Morgan fingerprint density at radius 3 is 3.00 bits per heavy atom. The molecule has 14 heavy (non-hydrogen) atoms. The predicted molar refractivity (Wildman–Crippen MR) is 54.4 cm³/mol. The molecule has 2 rings (SSSR count). The molecule has 0 aliphatic rings. The van der Waals surface area contributed by atoms with Crippen molar-refractivity contribution < 1.29 is 4.74 Å². The first kappa shape index (κ1) is 9.01. The van der Waals surface area contributed by atoms with Gasteiger partial charge in [0.2, 0.25) is 0 Å². The van der Waals surface area contributed by atoms with Crippen LogP contribution in [0.25, 0.3) is 0 Å². The minimum Gasteiger partial charge on any atom is -0.493 e. The van der Waals surface area contributed by atoms with E-state index in [-0.39, 0.29) is 0 Å². The van der Waals surface area contributed by atoms with E-state index >= 15 is 0 Å². The number of nitrogens with zero attached hydrogens (tertiary/aromatic N) is 3. The molecule has 2 aromatic rings. The minimum absolute atomic E-state index is 0.583. The Hall–Kier alpha value is -1.56. The third-order valence-corrected chi connectivity index (χ3v) is 2.55. The first-order valence-corrected chi connectivity index (χ1v) is 4.86. The highest BCUT2D eigenvalue weighted by atomic mass is 32.1. The number of rotatable bonds is 3. The van der Waals surface area contributed by atoms with E-state index in [4.69, 9.17) is 10.5 Å². The highest BCUT2D eigenvalue weighted by Crippen LogP contribution is 2.16. The molecular weight excluding hydrogens is 200 g/mol. The van der Waals surface area contributed by atoms with Gasteiger partial charge in [0.05, 0.1) is 26.0 Å². The number of thiazole rings is 1. The average Bonchev–Trinajstić information content (AvgIpc) is 2.76. The number of nitrogens with two attached hydrogens (primary N) is 1. The van der Waals surface area contributed by atoms with Gasteiger partial charge in [-0.15, -0.1) is 11.3 Å². The lowest BCUT2D eigenvalue weighted by molar-refractivity contribution is 0.414. The summed E-state index contributed by atoms with van der Waals surface area (Å²) in [4.78, 5) is 5.04. The third-order valence-electron chi connectivity index (χ3n) is 1.73. The normalized spacial score (nSPS) is 10.4. The van der Waals surface area contributed by atoms with E-state index < -0.39 is 0 Å². The Morgan fingerprint density at radius 1 is 1.57 bits per heavy atom. The van der Waals surface area contributed by atoms with Crippen molar-refractivity contribution in [3.63, 3.8) is 0 Å². The Morgan fingerprint density at radius 2 is 2.43 bits per heavy atom. The summed E-state index contributed by atoms with van der Waals surface area (Å²) in [5, 5.41) is 4.70. The molecule has 6 heteroatoms. The smallest absolute Gasteiger partial charge is 0.180 e. The maximum atomic E-state index is 5.52. The van der Waals surface area contributed by atoms with Crippen molar-refractivity contribution in [2.45, 2.75) is 6.54 Å². The summed E-state index contributed by atoms with van der Waals surface area (Å²) >= 11 is 1.46. The number of ether oxygens (including phenoxy) is 1. The molecule has 0 radical (unpaired) electrons. The monoisotopic (exact) mass is 210 g/mol. The quantitative estimate of drug-likeness (QED) is 0.820. The van der Waals surface area contributed by atoms with Crippen LogP contribution in [0.3, 0.4) is 0 Å². The highest BCUT2D eigenvalue weighted by molar-refractivity contribution is 7.15. The van der Waals surface area contributed by atoms with Crippen LogP contribution in [-0.2, 0) is 6.54 Å². The molecule has 2 aromatic heterocycles. The van der Waals surface area contributed by atoms with Gasteiger partial charge in [-0.05, 0) is 0 Å². The summed E-state index contributed by atoms with van der Waals surface area (Å²) in [6.45, 7) is 0.679. The number of hydrogen-bond acceptors (Lipinski definition) is 5. The van der Waals surface area contributed by atoms with Crippen LogP contribution >= 0.6 is 11.3 Å². The topological polar surface area (TPSA) is 66.0 Å². The van der Waals surface area contributed by atoms with E-state index in [1.165, 1.54) is 11.3 Å². The SMILES string of the molecule is COc1cnn(Cc2cnc(N)s2)c1. The molecule has 2 N–H and O–H groups in total. The van der Waals surface area contributed by atoms with Crippen LogP contribution in [0.4, 0.5) is 5.13 Å². The summed E-state index contributed by atoms with van der Waals surface area (Å²) in [7, 11) is 1.62. The fourth-order valence-corrected chi connectivity index (χ4v) is 1.77. The van der Waals surface area contributed by atoms with E-state index in [2.05, 4.69) is 10.1 Å². The lowest BCUT2D eigenvalue weighted by Crippen LogP contribution is -1.97. The molecule has 0 saturated carbocycles. The number of methoxy groups -OCH3 is 1. The number of hydrogen-bond donors (Lipinski definition) is 1. The fraction of sp³-hybridized carbons (Fsp3) is 0.250. The van der Waals surface area contributed by atoms with Crippen molar-refractivity contribution >= 4 is 16.5 Å². The van der Waals surface area contributed by atoms with Gasteiger partial charge in [0.1, 0.15) is 0 Å². The Labute approximate surface area is 85.1 Å². The zero-order valence-electron chi connectivity index (χ0n) is 7.67. The van der Waals surface area contributed by atoms with Crippen molar-refractivity contribution in [3.05, 3.63) is 23.5 Å². The zero-order chi connectivity index (χ0) is 9.97. The van der Waals surface area contributed by atoms with E-state index in [1.54, 1.807) is 24.2 Å². The van der Waals surface area contributed by atoms with Crippen molar-refractivity contribution in [1.29, 1.82) is 0 Å². The lowest BCUT2D eigenvalue weighted by atomic mass is 10.5. The van der Waals surface area contributed by atoms with E-state index in [0.29, 0.717) is 11.7 Å². The van der Waals surface area contributed by atoms with Crippen LogP contribution in [0.1, 0.15) is 4.88 Å². The van der Waals surface area contributed by atoms with Gasteiger partial charge < -0.3 is 10.5 Å². The average molecular weight is 210 g/mol. The first-order chi connectivity index (χ1) is 6.78. The van der Waals surface area contributed by atoms with E-state index in [1.807, 2.05) is 6.20 Å². The van der Waals surface area contributed by atoms with Crippen molar-refractivity contribution in [3.8, 4) is 5.75 Å². The van der Waals surface area contributed by atoms with Crippen molar-refractivity contribution in [2.75, 3.05) is 12.8 Å². The molecule has 0 bridgehead atoms. The molecule has 0 aliphatic heterocycles. The molecule has 0 aromatic carbocycles. The Bertz CT molecular complexity index is 422. The van der Waals surface area contributed by atoms with E-state index in [9.17, 15) is 0 Å².